The van der Waals surface area contributed by atoms with Crippen LogP contribution in [0.2, 0.25) is 5.02 Å². The number of likely N-dealkylation sites (tertiary alicyclic amines) is 1. The molecule has 1 amide bonds. The minimum Gasteiger partial charge on any atom is -0.444 e. The average Bonchev–Trinajstić information content (AvgIpc) is 2.20. The summed E-state index contributed by atoms with van der Waals surface area (Å²) in [5.41, 5.74) is 0.156. The number of carbonyl (C=O) groups excluding carboxylic acids is 1. The first-order chi connectivity index (χ1) is 9.09. The molecule has 0 aliphatic carbocycles. The molecular formula is C15H20ClNO3. The summed E-state index contributed by atoms with van der Waals surface area (Å²) in [5.74, 6) is 0. The zero-order valence-corrected chi connectivity index (χ0v) is 13.0. The molecule has 0 aromatic heterocycles. The standard InChI is InChI=1S/C15H20ClNO3/c1-10-5-11(7-12(16)6-10)15(19)8-17(9-15)13(18)20-14(2,3)4/h5-7,19H,8-9H2,1-4H3. The van der Waals surface area contributed by atoms with Crippen LogP contribution in [0.25, 0.3) is 0 Å². The number of benzene rings is 1. The number of aryl methyl sites for hydroxylation is 1. The Morgan fingerprint density at radius 2 is 1.95 bits per heavy atom. The van der Waals surface area contributed by atoms with Crippen molar-refractivity contribution in [1.29, 1.82) is 0 Å². The summed E-state index contributed by atoms with van der Waals surface area (Å²) in [6.07, 6.45) is -0.402. The van der Waals surface area contributed by atoms with E-state index in [2.05, 4.69) is 0 Å². The van der Waals surface area contributed by atoms with Crippen LogP contribution in [-0.4, -0.2) is 34.8 Å². The first-order valence-corrected chi connectivity index (χ1v) is 6.95. The monoisotopic (exact) mass is 297 g/mol. The summed E-state index contributed by atoms with van der Waals surface area (Å²) >= 11 is 6.01. The van der Waals surface area contributed by atoms with Crippen molar-refractivity contribution >= 4 is 17.7 Å². The van der Waals surface area contributed by atoms with Crippen molar-refractivity contribution in [2.75, 3.05) is 13.1 Å². The van der Waals surface area contributed by atoms with E-state index < -0.39 is 17.3 Å². The fraction of sp³-hybridized carbons (Fsp3) is 0.533. The molecule has 0 saturated carbocycles. The van der Waals surface area contributed by atoms with Crippen LogP contribution in [-0.2, 0) is 10.3 Å². The summed E-state index contributed by atoms with van der Waals surface area (Å²) in [6, 6.07) is 5.46. The summed E-state index contributed by atoms with van der Waals surface area (Å²) in [6.45, 7) is 7.82. The molecule has 1 aliphatic rings. The second kappa shape index (κ2) is 4.93. The second-order valence-corrected chi connectivity index (χ2v) is 6.82. The number of aliphatic hydroxyl groups is 1. The molecule has 1 fully saturated rings. The first kappa shape index (κ1) is 15.1. The zero-order chi connectivity index (χ0) is 15.1. The topological polar surface area (TPSA) is 49.8 Å². The van der Waals surface area contributed by atoms with E-state index in [1.807, 2.05) is 39.8 Å². The summed E-state index contributed by atoms with van der Waals surface area (Å²) < 4.78 is 5.27. The van der Waals surface area contributed by atoms with Gasteiger partial charge in [-0.2, -0.15) is 0 Å². The lowest BCUT2D eigenvalue weighted by atomic mass is 9.86. The third kappa shape index (κ3) is 3.25. The van der Waals surface area contributed by atoms with Gasteiger partial charge in [0, 0.05) is 5.02 Å². The maximum Gasteiger partial charge on any atom is 0.410 e. The molecule has 110 valence electrons. The predicted octanol–water partition coefficient (Wildman–Crippen LogP) is 3.09. The van der Waals surface area contributed by atoms with Gasteiger partial charge >= 0.3 is 6.09 Å². The van der Waals surface area contributed by atoms with Gasteiger partial charge < -0.3 is 14.7 Å². The Morgan fingerprint density at radius 1 is 1.35 bits per heavy atom. The molecule has 1 aromatic carbocycles. The van der Waals surface area contributed by atoms with E-state index in [0.717, 1.165) is 11.1 Å². The molecule has 4 nitrogen and oxygen atoms in total. The van der Waals surface area contributed by atoms with Crippen LogP contribution in [0.15, 0.2) is 18.2 Å². The number of amides is 1. The van der Waals surface area contributed by atoms with Crippen LogP contribution in [0, 0.1) is 6.92 Å². The molecule has 1 saturated heterocycles. The van der Waals surface area contributed by atoms with E-state index in [9.17, 15) is 9.90 Å². The third-order valence-corrected chi connectivity index (χ3v) is 3.35. The van der Waals surface area contributed by atoms with Crippen LogP contribution in [0.5, 0.6) is 0 Å². The van der Waals surface area contributed by atoms with Gasteiger partial charge in [-0.1, -0.05) is 17.7 Å². The fourth-order valence-corrected chi connectivity index (χ4v) is 2.52. The number of halogens is 1. The maximum absolute atomic E-state index is 11.9. The second-order valence-electron chi connectivity index (χ2n) is 6.39. The number of hydrogen-bond acceptors (Lipinski definition) is 3. The molecular weight excluding hydrogens is 278 g/mol. The highest BCUT2D eigenvalue weighted by molar-refractivity contribution is 6.30. The fourth-order valence-electron chi connectivity index (χ4n) is 2.23. The van der Waals surface area contributed by atoms with Crippen molar-refractivity contribution in [3.63, 3.8) is 0 Å². The molecule has 1 aliphatic heterocycles. The van der Waals surface area contributed by atoms with Crippen molar-refractivity contribution in [3.05, 3.63) is 34.3 Å². The van der Waals surface area contributed by atoms with Crippen molar-refractivity contribution in [2.45, 2.75) is 38.9 Å². The highest BCUT2D eigenvalue weighted by Gasteiger charge is 2.46. The van der Waals surface area contributed by atoms with Crippen molar-refractivity contribution < 1.29 is 14.6 Å². The molecule has 20 heavy (non-hydrogen) atoms. The minimum absolute atomic E-state index is 0.224. The zero-order valence-electron chi connectivity index (χ0n) is 12.2. The van der Waals surface area contributed by atoms with E-state index in [1.54, 1.807) is 6.07 Å². The Morgan fingerprint density at radius 3 is 2.45 bits per heavy atom. The van der Waals surface area contributed by atoms with Crippen LogP contribution in [0.3, 0.4) is 0 Å². The van der Waals surface area contributed by atoms with E-state index in [0.29, 0.717) is 5.02 Å². The molecule has 0 unspecified atom stereocenters. The van der Waals surface area contributed by atoms with Crippen LogP contribution < -0.4 is 0 Å². The lowest BCUT2D eigenvalue weighted by molar-refractivity contribution is -0.103. The molecule has 0 atom stereocenters. The summed E-state index contributed by atoms with van der Waals surface area (Å²) in [5, 5.41) is 11.1. The Bertz CT molecular complexity index is 510. The Hall–Kier alpha value is -1.26. The Labute approximate surface area is 124 Å². The maximum atomic E-state index is 11.9. The molecule has 0 radical (unpaired) electrons. The molecule has 2 rings (SSSR count). The molecule has 1 heterocycles. The summed E-state index contributed by atoms with van der Waals surface area (Å²) in [4.78, 5) is 13.3. The highest BCUT2D eigenvalue weighted by Crippen LogP contribution is 2.34. The molecule has 1 aromatic rings. The number of rotatable bonds is 1. The molecule has 1 N–H and O–H groups in total. The average molecular weight is 298 g/mol. The minimum atomic E-state index is -1.04. The van der Waals surface area contributed by atoms with Gasteiger partial charge in [-0.05, 0) is 51.0 Å². The lowest BCUT2D eigenvalue weighted by Gasteiger charge is -2.46. The van der Waals surface area contributed by atoms with Gasteiger partial charge in [-0.3, -0.25) is 0 Å². The Kier molecular flexibility index (Phi) is 3.73. The predicted molar refractivity (Wildman–Crippen MR) is 77.9 cm³/mol. The van der Waals surface area contributed by atoms with E-state index in [4.69, 9.17) is 16.3 Å². The number of carbonyl (C=O) groups is 1. The van der Waals surface area contributed by atoms with E-state index in [1.165, 1.54) is 4.90 Å². The van der Waals surface area contributed by atoms with E-state index >= 15 is 0 Å². The van der Waals surface area contributed by atoms with Crippen molar-refractivity contribution in [3.8, 4) is 0 Å². The van der Waals surface area contributed by atoms with Gasteiger partial charge in [-0.15, -0.1) is 0 Å². The quantitative estimate of drug-likeness (QED) is 0.866. The normalized spacial score (nSPS) is 17.6. The van der Waals surface area contributed by atoms with Crippen molar-refractivity contribution in [2.24, 2.45) is 0 Å². The lowest BCUT2D eigenvalue weighted by Crippen LogP contribution is -2.61. The SMILES string of the molecule is Cc1cc(Cl)cc(C2(O)CN(C(=O)OC(C)(C)C)C2)c1. The Balaban J connectivity index is 2.05. The third-order valence-electron chi connectivity index (χ3n) is 3.14. The highest BCUT2D eigenvalue weighted by atomic mass is 35.5. The van der Waals surface area contributed by atoms with Gasteiger partial charge in [-0.25, -0.2) is 4.79 Å². The van der Waals surface area contributed by atoms with Crippen LogP contribution in [0.4, 0.5) is 4.79 Å². The molecule has 0 spiro atoms. The van der Waals surface area contributed by atoms with Crippen molar-refractivity contribution in [1.82, 2.24) is 4.90 Å². The first-order valence-electron chi connectivity index (χ1n) is 6.57. The summed E-state index contributed by atoms with van der Waals surface area (Å²) in [7, 11) is 0. The van der Waals surface area contributed by atoms with Crippen LogP contribution in [0.1, 0.15) is 31.9 Å². The number of ether oxygens (including phenoxy) is 1. The number of nitrogens with zero attached hydrogens (tertiary/aromatic N) is 1. The van der Waals surface area contributed by atoms with Gasteiger partial charge in [0.05, 0.1) is 13.1 Å². The van der Waals surface area contributed by atoms with E-state index in [-0.39, 0.29) is 13.1 Å². The van der Waals surface area contributed by atoms with Crippen LogP contribution >= 0.6 is 11.6 Å². The van der Waals surface area contributed by atoms with Gasteiger partial charge in [0.2, 0.25) is 0 Å². The molecule has 0 bridgehead atoms. The van der Waals surface area contributed by atoms with Gasteiger partial charge in [0.15, 0.2) is 0 Å². The van der Waals surface area contributed by atoms with Gasteiger partial charge in [0.25, 0.3) is 0 Å². The number of hydrogen-bond donors (Lipinski definition) is 1. The smallest absolute Gasteiger partial charge is 0.410 e. The van der Waals surface area contributed by atoms with Gasteiger partial charge in [0.1, 0.15) is 11.2 Å². The number of β-amino-alcohol motifs (C(OH)–C–C–N with tert-alkyl or cyclic N) is 1. The molecule has 5 heteroatoms. The largest absolute Gasteiger partial charge is 0.444 e.